The van der Waals surface area contributed by atoms with E-state index in [0.717, 1.165) is 51.1 Å². The molecule has 0 N–H and O–H groups in total. The smallest absolute Gasteiger partial charge is 0.227 e. The van der Waals surface area contributed by atoms with Crippen LogP contribution in [0.1, 0.15) is 43.4 Å². The monoisotopic (exact) mass is 382 g/mol. The number of benzene rings is 1. The molecule has 3 nitrogen and oxygen atoms in total. The van der Waals surface area contributed by atoms with Crippen LogP contribution in [0.3, 0.4) is 0 Å². The fraction of sp³-hybridized carbons (Fsp3) is 0.385. The number of aromatic nitrogens is 2. The number of nitrogens with zero attached hydrogens (tertiary/aromatic N) is 2. The summed E-state index contributed by atoms with van der Waals surface area (Å²) in [5, 5.41) is 2.18. The first-order valence-corrected chi connectivity index (χ1v) is 11.0. The van der Waals surface area contributed by atoms with Gasteiger partial charge in [0.25, 0.3) is 0 Å². The molecule has 3 heterocycles. The molecular formula is C26H26N2O. The Bertz CT molecular complexity index is 1200. The van der Waals surface area contributed by atoms with E-state index in [1.807, 2.05) is 19.2 Å². The van der Waals surface area contributed by atoms with Crippen molar-refractivity contribution in [2.75, 3.05) is 0 Å². The van der Waals surface area contributed by atoms with E-state index in [9.17, 15) is 0 Å². The molecule has 1 atom stereocenters. The van der Waals surface area contributed by atoms with Crippen LogP contribution in [0, 0.1) is 24.7 Å². The largest absolute Gasteiger partial charge is 0.438 e. The summed E-state index contributed by atoms with van der Waals surface area (Å²) in [5.41, 5.74) is 6.21. The standard InChI is InChI=1S/C26H26N2O/c1-16-2-8-22-23-15-20(7-9-25(23)29-26(22)28-16)24-14-18(10-11-27-24)13-21-12-17-3-5-19(21)6-4-17/h2,7-11,14-15,17,19,21H,3-6,12-13H2,1H3. The van der Waals surface area contributed by atoms with Crippen molar-refractivity contribution in [1.82, 2.24) is 9.97 Å². The highest BCUT2D eigenvalue weighted by Gasteiger charge is 2.35. The zero-order valence-electron chi connectivity index (χ0n) is 16.9. The number of furan rings is 1. The van der Waals surface area contributed by atoms with Gasteiger partial charge < -0.3 is 4.42 Å². The molecule has 146 valence electrons. The number of hydrogen-bond acceptors (Lipinski definition) is 3. The van der Waals surface area contributed by atoms with E-state index in [1.165, 1.54) is 44.1 Å². The molecule has 0 spiro atoms. The van der Waals surface area contributed by atoms with Crippen molar-refractivity contribution in [2.45, 2.75) is 45.4 Å². The molecule has 29 heavy (non-hydrogen) atoms. The Balaban J connectivity index is 1.34. The van der Waals surface area contributed by atoms with Crippen LogP contribution >= 0.6 is 0 Å². The molecule has 0 saturated heterocycles. The minimum Gasteiger partial charge on any atom is -0.438 e. The highest BCUT2D eigenvalue weighted by Crippen LogP contribution is 2.46. The fourth-order valence-corrected chi connectivity index (χ4v) is 5.74. The predicted octanol–water partition coefficient (Wildman–Crippen LogP) is 6.72. The zero-order chi connectivity index (χ0) is 19.4. The summed E-state index contributed by atoms with van der Waals surface area (Å²) in [5.74, 6) is 2.80. The number of rotatable bonds is 3. The molecule has 1 aromatic carbocycles. The normalized spacial score (nSPS) is 23.8. The van der Waals surface area contributed by atoms with Gasteiger partial charge in [-0.05, 0) is 98.4 Å². The minimum atomic E-state index is 0.714. The molecule has 0 radical (unpaired) electrons. The van der Waals surface area contributed by atoms with Crippen molar-refractivity contribution in [3.63, 3.8) is 0 Å². The van der Waals surface area contributed by atoms with Crippen LogP contribution in [0.5, 0.6) is 0 Å². The fourth-order valence-electron chi connectivity index (χ4n) is 5.74. The molecule has 3 fully saturated rings. The first-order chi connectivity index (χ1) is 14.2. The van der Waals surface area contributed by atoms with Crippen molar-refractivity contribution < 1.29 is 4.42 Å². The molecule has 7 rings (SSSR count). The predicted molar refractivity (Wildman–Crippen MR) is 117 cm³/mol. The second-order valence-corrected chi connectivity index (χ2v) is 9.15. The Morgan fingerprint density at radius 1 is 0.966 bits per heavy atom. The highest BCUT2D eigenvalue weighted by molar-refractivity contribution is 6.04. The summed E-state index contributed by atoms with van der Waals surface area (Å²) in [6.45, 7) is 1.99. The van der Waals surface area contributed by atoms with Crippen LogP contribution < -0.4 is 0 Å². The van der Waals surface area contributed by atoms with Gasteiger partial charge >= 0.3 is 0 Å². The van der Waals surface area contributed by atoms with E-state index >= 15 is 0 Å². The molecule has 3 aliphatic carbocycles. The highest BCUT2D eigenvalue weighted by atomic mass is 16.3. The van der Waals surface area contributed by atoms with E-state index in [0.29, 0.717) is 5.71 Å². The van der Waals surface area contributed by atoms with Crippen LogP contribution in [0.15, 0.2) is 53.1 Å². The minimum absolute atomic E-state index is 0.714. The summed E-state index contributed by atoms with van der Waals surface area (Å²) in [6, 6.07) is 15.0. The Labute approximate surface area is 171 Å². The Hall–Kier alpha value is -2.68. The third kappa shape index (κ3) is 3.04. The molecule has 1 unspecified atom stereocenters. The van der Waals surface area contributed by atoms with Gasteiger partial charge in [-0.2, -0.15) is 0 Å². The van der Waals surface area contributed by atoms with Gasteiger partial charge in [-0.25, -0.2) is 4.98 Å². The first kappa shape index (κ1) is 17.2. The quantitative estimate of drug-likeness (QED) is 0.395. The lowest BCUT2D eigenvalue weighted by molar-refractivity contribution is 0.0991. The summed E-state index contributed by atoms with van der Waals surface area (Å²) in [4.78, 5) is 9.22. The third-order valence-corrected chi connectivity index (χ3v) is 7.29. The summed E-state index contributed by atoms with van der Waals surface area (Å²) in [7, 11) is 0. The van der Waals surface area contributed by atoms with Gasteiger partial charge in [0, 0.05) is 28.2 Å². The Kier molecular flexibility index (Phi) is 3.97. The van der Waals surface area contributed by atoms with Gasteiger partial charge in [-0.3, -0.25) is 4.98 Å². The summed E-state index contributed by atoms with van der Waals surface area (Å²) < 4.78 is 5.95. The maximum absolute atomic E-state index is 5.95. The van der Waals surface area contributed by atoms with E-state index in [4.69, 9.17) is 4.42 Å². The van der Waals surface area contributed by atoms with Crippen molar-refractivity contribution in [2.24, 2.45) is 17.8 Å². The van der Waals surface area contributed by atoms with E-state index < -0.39 is 0 Å². The van der Waals surface area contributed by atoms with Crippen molar-refractivity contribution in [3.05, 3.63) is 59.9 Å². The first-order valence-electron chi connectivity index (χ1n) is 11.0. The molecule has 3 aliphatic rings. The SMILES string of the molecule is Cc1ccc2c(n1)oc1ccc(-c3cc(CC4CC5CCC4CC5)ccn3)cc12. The van der Waals surface area contributed by atoms with Gasteiger partial charge in [0.05, 0.1) is 5.69 Å². The molecule has 3 aromatic heterocycles. The Morgan fingerprint density at radius 2 is 1.86 bits per heavy atom. The summed E-state index contributed by atoms with van der Waals surface area (Å²) >= 11 is 0. The second kappa shape index (κ2) is 6.69. The molecular weight excluding hydrogens is 356 g/mol. The molecule has 4 aromatic rings. The molecule has 0 amide bonds. The lowest BCUT2D eigenvalue weighted by Crippen LogP contribution is -2.32. The third-order valence-electron chi connectivity index (χ3n) is 7.29. The maximum Gasteiger partial charge on any atom is 0.227 e. The maximum atomic E-state index is 5.95. The number of pyridine rings is 2. The molecule has 2 bridgehead atoms. The van der Waals surface area contributed by atoms with Crippen molar-refractivity contribution >= 4 is 22.1 Å². The number of aryl methyl sites for hydroxylation is 1. The zero-order valence-corrected chi connectivity index (χ0v) is 16.9. The van der Waals surface area contributed by atoms with Gasteiger partial charge in [-0.15, -0.1) is 0 Å². The second-order valence-electron chi connectivity index (χ2n) is 9.15. The van der Waals surface area contributed by atoms with Crippen LogP contribution in [-0.2, 0) is 6.42 Å². The number of fused-ring (bicyclic) bond motifs is 6. The van der Waals surface area contributed by atoms with Gasteiger partial charge in [0.1, 0.15) is 5.58 Å². The molecule has 3 saturated carbocycles. The van der Waals surface area contributed by atoms with Crippen LogP contribution in [0.2, 0.25) is 0 Å². The van der Waals surface area contributed by atoms with Crippen LogP contribution in [0.4, 0.5) is 0 Å². The molecule has 3 heteroatoms. The van der Waals surface area contributed by atoms with E-state index in [2.05, 4.69) is 46.4 Å². The van der Waals surface area contributed by atoms with Crippen LogP contribution in [0.25, 0.3) is 33.3 Å². The van der Waals surface area contributed by atoms with E-state index in [1.54, 1.807) is 0 Å². The van der Waals surface area contributed by atoms with Crippen molar-refractivity contribution in [3.8, 4) is 11.3 Å². The van der Waals surface area contributed by atoms with Crippen LogP contribution in [-0.4, -0.2) is 9.97 Å². The van der Waals surface area contributed by atoms with E-state index in [-0.39, 0.29) is 0 Å². The van der Waals surface area contributed by atoms with Gasteiger partial charge in [0.15, 0.2) is 0 Å². The average molecular weight is 383 g/mol. The average Bonchev–Trinajstić information content (AvgIpc) is 3.11. The lowest BCUT2D eigenvalue weighted by atomic mass is 9.63. The topological polar surface area (TPSA) is 38.9 Å². The Morgan fingerprint density at radius 3 is 2.69 bits per heavy atom. The summed E-state index contributed by atoms with van der Waals surface area (Å²) in [6.07, 6.45) is 10.5. The molecule has 0 aliphatic heterocycles. The number of hydrogen-bond donors (Lipinski definition) is 0. The van der Waals surface area contributed by atoms with Gasteiger partial charge in [-0.1, -0.05) is 12.8 Å². The lowest BCUT2D eigenvalue weighted by Gasteiger charge is -2.42. The van der Waals surface area contributed by atoms with Crippen molar-refractivity contribution in [1.29, 1.82) is 0 Å². The van der Waals surface area contributed by atoms with Gasteiger partial charge in [0.2, 0.25) is 5.71 Å².